The lowest BCUT2D eigenvalue weighted by Crippen LogP contribution is -2.36. The van der Waals surface area contributed by atoms with Crippen LogP contribution in [0.1, 0.15) is 21.6 Å². The van der Waals surface area contributed by atoms with Crippen LogP contribution in [0, 0.1) is 31.3 Å². The Bertz CT molecular complexity index is 1090. The molecule has 1 amide bonds. The van der Waals surface area contributed by atoms with Crippen LogP contribution in [0.3, 0.4) is 0 Å². The summed E-state index contributed by atoms with van der Waals surface area (Å²) in [6.07, 6.45) is 0. The van der Waals surface area contributed by atoms with Crippen molar-refractivity contribution in [2.75, 3.05) is 5.32 Å². The number of nitrogens with one attached hydrogen (secondary N) is 3. The van der Waals surface area contributed by atoms with Gasteiger partial charge in [-0.05, 0) is 50.2 Å². The summed E-state index contributed by atoms with van der Waals surface area (Å²) in [4.78, 5) is 16.7. The third-order valence-electron chi connectivity index (χ3n) is 3.98. The van der Waals surface area contributed by atoms with Gasteiger partial charge in [-0.15, -0.1) is 0 Å². The predicted octanol–water partition coefficient (Wildman–Crippen LogP) is 4.63. The molecule has 0 fully saturated rings. The molecule has 0 saturated heterocycles. The van der Waals surface area contributed by atoms with Crippen LogP contribution in [0.5, 0.6) is 0 Å². The number of H-pyrrole nitrogens is 1. The van der Waals surface area contributed by atoms with Gasteiger partial charge in [0.15, 0.2) is 17.5 Å². The zero-order valence-corrected chi connectivity index (χ0v) is 16.0. The fraction of sp³-hybridized carbons (Fsp3) is 0.105. The number of aromatic nitrogens is 2. The number of nitrogens with zero attached hydrogens (tertiary/aromatic N) is 2. The molecular formula is C19H15ClF3N5O. The average Bonchev–Trinajstić information content (AvgIpc) is 2.95. The minimum Gasteiger partial charge on any atom is -0.325 e. The first-order valence-electron chi connectivity index (χ1n) is 8.32. The Labute approximate surface area is 168 Å². The van der Waals surface area contributed by atoms with E-state index in [0.29, 0.717) is 0 Å². The van der Waals surface area contributed by atoms with Gasteiger partial charge in [0.05, 0.1) is 0 Å². The number of carbonyl (C=O) groups excluding carboxylic acids is 1. The summed E-state index contributed by atoms with van der Waals surface area (Å²) in [7, 11) is 0. The predicted molar refractivity (Wildman–Crippen MR) is 104 cm³/mol. The van der Waals surface area contributed by atoms with Crippen LogP contribution in [0.4, 0.5) is 24.7 Å². The second-order valence-electron chi connectivity index (χ2n) is 6.12. The lowest BCUT2D eigenvalue weighted by atomic mass is 10.2. The first-order chi connectivity index (χ1) is 13.7. The molecule has 0 atom stereocenters. The molecule has 0 spiro atoms. The highest BCUT2D eigenvalue weighted by atomic mass is 35.5. The SMILES string of the molecule is Cc1[nH]nc(N=C(NC(=O)c2ccc(F)c(F)c2)Nc2cc(F)cc(Cl)c2)c1C. The summed E-state index contributed by atoms with van der Waals surface area (Å²) in [5.74, 6) is -3.44. The molecule has 6 nitrogen and oxygen atoms in total. The third kappa shape index (κ3) is 4.94. The second kappa shape index (κ2) is 8.36. The van der Waals surface area contributed by atoms with Crippen LogP contribution >= 0.6 is 11.6 Å². The number of aliphatic imine (C=N–C) groups is 1. The maximum absolute atomic E-state index is 13.6. The fourth-order valence-corrected chi connectivity index (χ4v) is 2.58. The van der Waals surface area contributed by atoms with E-state index in [2.05, 4.69) is 25.8 Å². The van der Waals surface area contributed by atoms with Crippen molar-refractivity contribution in [3.05, 3.63) is 75.7 Å². The molecule has 0 bridgehead atoms. The number of guanidine groups is 1. The molecule has 0 radical (unpaired) electrons. The van der Waals surface area contributed by atoms with Crippen LogP contribution in [-0.2, 0) is 0 Å². The summed E-state index contributed by atoms with van der Waals surface area (Å²) in [6.45, 7) is 3.56. The standard InChI is InChI=1S/C19H15ClF3N5O/c1-9-10(2)27-28-17(9)25-19(24-14-7-12(20)6-13(21)8-14)26-18(29)11-3-4-15(22)16(23)5-11/h3-8H,1-2H3,(H3,24,25,26,27,28,29). The van der Waals surface area contributed by atoms with Gasteiger partial charge < -0.3 is 5.32 Å². The molecule has 150 valence electrons. The topological polar surface area (TPSA) is 82.2 Å². The highest BCUT2D eigenvalue weighted by Gasteiger charge is 2.14. The molecule has 0 aliphatic carbocycles. The van der Waals surface area contributed by atoms with Gasteiger partial charge in [-0.1, -0.05) is 11.6 Å². The number of carbonyl (C=O) groups is 1. The number of hydrogen-bond donors (Lipinski definition) is 3. The Morgan fingerprint density at radius 2 is 1.86 bits per heavy atom. The first-order valence-corrected chi connectivity index (χ1v) is 8.70. The zero-order valence-electron chi connectivity index (χ0n) is 15.3. The van der Waals surface area contributed by atoms with Crippen LogP contribution in [-0.4, -0.2) is 22.1 Å². The van der Waals surface area contributed by atoms with Crippen LogP contribution in [0.25, 0.3) is 0 Å². The van der Waals surface area contributed by atoms with Crippen molar-refractivity contribution in [1.82, 2.24) is 15.5 Å². The number of anilines is 1. The van der Waals surface area contributed by atoms with Gasteiger partial charge in [0.25, 0.3) is 5.91 Å². The van der Waals surface area contributed by atoms with E-state index in [0.717, 1.165) is 41.6 Å². The summed E-state index contributed by atoms with van der Waals surface area (Å²) in [5, 5.41) is 12.1. The van der Waals surface area contributed by atoms with Gasteiger partial charge >= 0.3 is 0 Å². The molecule has 3 aromatic rings. The molecule has 2 aromatic carbocycles. The minimum atomic E-state index is -1.17. The maximum atomic E-state index is 13.6. The molecular weight excluding hydrogens is 407 g/mol. The molecule has 0 unspecified atom stereocenters. The number of halogens is 4. The Morgan fingerprint density at radius 3 is 2.48 bits per heavy atom. The average molecular weight is 422 g/mol. The van der Waals surface area contributed by atoms with Crippen LogP contribution < -0.4 is 10.6 Å². The number of benzene rings is 2. The number of amides is 1. The quantitative estimate of drug-likeness (QED) is 0.426. The van der Waals surface area contributed by atoms with E-state index < -0.39 is 23.4 Å². The largest absolute Gasteiger partial charge is 0.325 e. The van der Waals surface area contributed by atoms with E-state index in [9.17, 15) is 18.0 Å². The van der Waals surface area contributed by atoms with Gasteiger partial charge in [0, 0.05) is 27.5 Å². The van der Waals surface area contributed by atoms with Crippen molar-refractivity contribution >= 4 is 35.0 Å². The number of aromatic amines is 1. The van der Waals surface area contributed by atoms with Crippen LogP contribution in [0.2, 0.25) is 5.02 Å². The van der Waals surface area contributed by atoms with Crippen molar-refractivity contribution < 1.29 is 18.0 Å². The monoisotopic (exact) mass is 421 g/mol. The molecule has 3 N–H and O–H groups in total. The van der Waals surface area contributed by atoms with Gasteiger partial charge in [0.1, 0.15) is 5.82 Å². The molecule has 1 aromatic heterocycles. The highest BCUT2D eigenvalue weighted by Crippen LogP contribution is 2.20. The number of rotatable bonds is 3. The molecule has 10 heteroatoms. The van der Waals surface area contributed by atoms with E-state index in [1.807, 2.05) is 0 Å². The van der Waals surface area contributed by atoms with E-state index in [1.165, 1.54) is 6.07 Å². The normalized spacial score (nSPS) is 11.4. The minimum absolute atomic E-state index is 0.115. The summed E-state index contributed by atoms with van der Waals surface area (Å²) < 4.78 is 40.2. The molecule has 0 saturated carbocycles. The van der Waals surface area contributed by atoms with Crippen molar-refractivity contribution in [3.8, 4) is 0 Å². The smallest absolute Gasteiger partial charge is 0.258 e. The van der Waals surface area contributed by atoms with Gasteiger partial charge in [0.2, 0.25) is 5.96 Å². The van der Waals surface area contributed by atoms with Crippen molar-refractivity contribution in [1.29, 1.82) is 0 Å². The second-order valence-corrected chi connectivity index (χ2v) is 6.56. The zero-order chi connectivity index (χ0) is 21.1. The molecule has 0 aliphatic heterocycles. The lowest BCUT2D eigenvalue weighted by Gasteiger charge is -2.12. The fourth-order valence-electron chi connectivity index (χ4n) is 2.35. The Hall–Kier alpha value is -3.33. The van der Waals surface area contributed by atoms with Gasteiger partial charge in [-0.3, -0.25) is 15.2 Å². The van der Waals surface area contributed by atoms with Crippen molar-refractivity contribution in [3.63, 3.8) is 0 Å². The highest BCUT2D eigenvalue weighted by molar-refractivity contribution is 6.31. The summed E-state index contributed by atoms with van der Waals surface area (Å²) in [6, 6.07) is 6.40. The Balaban J connectivity index is 1.94. The lowest BCUT2D eigenvalue weighted by molar-refractivity contribution is 0.0976. The van der Waals surface area contributed by atoms with E-state index in [-0.39, 0.29) is 28.1 Å². The van der Waals surface area contributed by atoms with Crippen molar-refractivity contribution in [2.45, 2.75) is 13.8 Å². The Kier molecular flexibility index (Phi) is 5.88. The summed E-state index contributed by atoms with van der Waals surface area (Å²) in [5.41, 5.74) is 1.57. The van der Waals surface area contributed by atoms with E-state index in [4.69, 9.17) is 11.6 Å². The maximum Gasteiger partial charge on any atom is 0.258 e. The number of aryl methyl sites for hydroxylation is 1. The molecule has 3 rings (SSSR count). The van der Waals surface area contributed by atoms with E-state index in [1.54, 1.807) is 13.8 Å². The van der Waals surface area contributed by atoms with E-state index >= 15 is 0 Å². The molecule has 29 heavy (non-hydrogen) atoms. The third-order valence-corrected chi connectivity index (χ3v) is 4.20. The molecule has 1 heterocycles. The Morgan fingerprint density at radius 1 is 1.10 bits per heavy atom. The van der Waals surface area contributed by atoms with Crippen molar-refractivity contribution in [2.24, 2.45) is 4.99 Å². The van der Waals surface area contributed by atoms with Gasteiger partial charge in [-0.2, -0.15) is 10.1 Å². The first kappa shape index (κ1) is 20.4. The number of hydrogen-bond acceptors (Lipinski definition) is 3. The van der Waals surface area contributed by atoms with Crippen LogP contribution in [0.15, 0.2) is 41.4 Å². The molecule has 0 aliphatic rings. The summed E-state index contributed by atoms with van der Waals surface area (Å²) >= 11 is 5.85. The van der Waals surface area contributed by atoms with Gasteiger partial charge in [-0.25, -0.2) is 13.2 Å².